The second-order valence-corrected chi connectivity index (χ2v) is 12.9. The number of likely N-dealkylation sites (tertiary alicyclic amines) is 1. The van der Waals surface area contributed by atoms with Gasteiger partial charge in [0.05, 0.1) is 34.8 Å². The average Bonchev–Trinajstić information content (AvgIpc) is 3.46. The van der Waals surface area contributed by atoms with Gasteiger partial charge in [-0.3, -0.25) is 9.80 Å². The van der Waals surface area contributed by atoms with Crippen LogP contribution in [0.4, 0.5) is 5.69 Å². The largest absolute Gasteiger partial charge is 0.384 e. The maximum atomic E-state index is 5.53. The van der Waals surface area contributed by atoms with Gasteiger partial charge >= 0.3 is 0 Å². The van der Waals surface area contributed by atoms with Crippen LogP contribution in [-0.4, -0.2) is 103 Å². The zero-order valence-corrected chi connectivity index (χ0v) is 24.1. The highest BCUT2D eigenvalue weighted by molar-refractivity contribution is 7.99. The van der Waals surface area contributed by atoms with Crippen molar-refractivity contribution in [2.24, 2.45) is 0 Å². The third-order valence-electron chi connectivity index (χ3n) is 8.26. The second-order valence-electron chi connectivity index (χ2n) is 10.8. The number of piperidine rings is 1. The Morgan fingerprint density at radius 2 is 1.71 bits per heavy atom. The second kappa shape index (κ2) is 13.1. The molecule has 0 unspecified atom stereocenters. The van der Waals surface area contributed by atoms with Crippen LogP contribution in [0.1, 0.15) is 24.8 Å². The lowest BCUT2D eigenvalue weighted by Crippen LogP contribution is -2.49. The number of anilines is 1. The summed E-state index contributed by atoms with van der Waals surface area (Å²) in [5.41, 5.74) is 5.97. The van der Waals surface area contributed by atoms with Crippen LogP contribution in [0.2, 0.25) is 0 Å². The minimum Gasteiger partial charge on any atom is -0.384 e. The molecule has 6 nitrogen and oxygen atoms in total. The van der Waals surface area contributed by atoms with Gasteiger partial charge in [-0.2, -0.15) is 11.8 Å². The van der Waals surface area contributed by atoms with Crippen LogP contribution < -0.4 is 5.32 Å². The molecule has 3 aliphatic rings. The van der Waals surface area contributed by atoms with E-state index in [1.54, 1.807) is 11.3 Å². The molecule has 2 aromatic heterocycles. The first-order chi connectivity index (χ1) is 18.8. The first-order valence-electron chi connectivity index (χ1n) is 14.4. The summed E-state index contributed by atoms with van der Waals surface area (Å²) in [4.78, 5) is 12.9. The average molecular weight is 552 g/mol. The Labute approximate surface area is 235 Å². The maximum Gasteiger partial charge on any atom is 0.0838 e. The normalized spacial score (nSPS) is 20.7. The Morgan fingerprint density at radius 3 is 2.50 bits per heavy atom. The van der Waals surface area contributed by atoms with Gasteiger partial charge in [-0.15, -0.1) is 11.3 Å². The molecule has 1 N–H and O–H groups in total. The lowest BCUT2D eigenvalue weighted by molar-refractivity contribution is 0.000914. The fourth-order valence-electron chi connectivity index (χ4n) is 6.01. The van der Waals surface area contributed by atoms with Crippen LogP contribution in [0.5, 0.6) is 0 Å². The predicted molar refractivity (Wildman–Crippen MR) is 163 cm³/mol. The number of thioether (sulfide) groups is 1. The van der Waals surface area contributed by atoms with Crippen LogP contribution in [0, 0.1) is 0 Å². The molecular formula is C30H41N5OS2. The van der Waals surface area contributed by atoms with Gasteiger partial charge in [-0.1, -0.05) is 24.3 Å². The van der Waals surface area contributed by atoms with E-state index in [9.17, 15) is 0 Å². The topological polar surface area (TPSA) is 43.9 Å². The van der Waals surface area contributed by atoms with E-state index in [2.05, 4.69) is 73.6 Å². The van der Waals surface area contributed by atoms with Crippen molar-refractivity contribution in [3.63, 3.8) is 0 Å². The van der Waals surface area contributed by atoms with Crippen molar-refractivity contribution in [1.29, 1.82) is 0 Å². The van der Waals surface area contributed by atoms with E-state index >= 15 is 0 Å². The number of morpholine rings is 1. The fraction of sp³-hybridized carbons (Fsp3) is 0.567. The third-order valence-corrected chi connectivity index (χ3v) is 10.1. The molecule has 0 bridgehead atoms. The van der Waals surface area contributed by atoms with Crippen LogP contribution in [0.3, 0.4) is 0 Å². The van der Waals surface area contributed by atoms with Crippen LogP contribution in [-0.2, 0) is 11.3 Å². The van der Waals surface area contributed by atoms with Gasteiger partial charge in [0.1, 0.15) is 0 Å². The number of hydrogen-bond acceptors (Lipinski definition) is 8. The van der Waals surface area contributed by atoms with Gasteiger partial charge in [-0.25, -0.2) is 4.98 Å². The molecule has 5 heterocycles. The first-order valence-corrected chi connectivity index (χ1v) is 16.4. The van der Waals surface area contributed by atoms with Crippen molar-refractivity contribution in [3.8, 4) is 11.3 Å². The van der Waals surface area contributed by atoms with Crippen molar-refractivity contribution < 1.29 is 4.74 Å². The number of thiophene rings is 1. The van der Waals surface area contributed by atoms with Crippen LogP contribution >= 0.6 is 23.1 Å². The van der Waals surface area contributed by atoms with Gasteiger partial charge in [0.15, 0.2) is 0 Å². The van der Waals surface area contributed by atoms with Gasteiger partial charge in [-0.05, 0) is 62.0 Å². The third kappa shape index (κ3) is 6.72. The highest BCUT2D eigenvalue weighted by Gasteiger charge is 2.25. The molecule has 3 fully saturated rings. The molecule has 0 atom stereocenters. The predicted octanol–water partition coefficient (Wildman–Crippen LogP) is 5.11. The minimum absolute atomic E-state index is 0.758. The standard InChI is InChI=1S/C30H41N5OS2/c1(10-33-11-6-26(7-12-33)35-13-17-36-18-14-35)9-31-29-22-28(32-27-8-19-38-30(27)29)25-4-2-24(3-5-25)23-34-15-20-37-21-16-34/h2-5,8,19,22,26H,1,6-7,9-18,20-21,23H2,(H,31,32). The molecule has 38 heavy (non-hydrogen) atoms. The molecular weight excluding hydrogens is 510 g/mol. The highest BCUT2D eigenvalue weighted by Crippen LogP contribution is 2.32. The van der Waals surface area contributed by atoms with Gasteiger partial charge in [0, 0.05) is 62.4 Å². The number of nitrogens with one attached hydrogen (secondary N) is 1. The molecule has 0 amide bonds. The molecule has 0 aliphatic carbocycles. The minimum atomic E-state index is 0.758. The Hall–Kier alpha value is -1.68. The molecule has 0 saturated carbocycles. The fourth-order valence-corrected chi connectivity index (χ4v) is 7.81. The number of aromatic nitrogens is 1. The lowest BCUT2D eigenvalue weighted by atomic mass is 10.0. The van der Waals surface area contributed by atoms with E-state index < -0.39 is 0 Å². The quantitative estimate of drug-likeness (QED) is 0.371. The summed E-state index contributed by atoms with van der Waals surface area (Å²) in [6, 6.07) is 14.2. The van der Waals surface area contributed by atoms with E-state index in [0.29, 0.717) is 0 Å². The van der Waals surface area contributed by atoms with E-state index in [4.69, 9.17) is 9.72 Å². The highest BCUT2D eigenvalue weighted by atomic mass is 32.2. The first kappa shape index (κ1) is 26.5. The summed E-state index contributed by atoms with van der Waals surface area (Å²) in [6.45, 7) is 12.1. The molecule has 3 aliphatic heterocycles. The summed E-state index contributed by atoms with van der Waals surface area (Å²) >= 11 is 3.85. The van der Waals surface area contributed by atoms with Crippen molar-refractivity contribution >= 4 is 39.0 Å². The van der Waals surface area contributed by atoms with Crippen LogP contribution in [0.25, 0.3) is 21.5 Å². The van der Waals surface area contributed by atoms with Gasteiger partial charge in [0.2, 0.25) is 0 Å². The Kier molecular flexibility index (Phi) is 9.16. The monoisotopic (exact) mass is 551 g/mol. The number of rotatable bonds is 9. The van der Waals surface area contributed by atoms with Crippen molar-refractivity contribution in [2.75, 3.05) is 82.4 Å². The lowest BCUT2D eigenvalue weighted by Gasteiger charge is -2.40. The Bertz CT molecular complexity index is 1150. The SMILES string of the molecule is c1cc2nc(-c3ccc(CN4CCSCC4)cc3)cc(NCCCN3CCC(N4CCOCC4)CC3)c2s1. The molecule has 8 heteroatoms. The summed E-state index contributed by atoms with van der Waals surface area (Å²) < 4.78 is 6.80. The van der Waals surface area contributed by atoms with E-state index in [1.165, 1.54) is 78.6 Å². The maximum absolute atomic E-state index is 5.53. The van der Waals surface area contributed by atoms with Gasteiger partial charge < -0.3 is 15.0 Å². The number of nitrogens with zero attached hydrogens (tertiary/aromatic N) is 4. The molecule has 0 radical (unpaired) electrons. The van der Waals surface area contributed by atoms with Gasteiger partial charge in [0.25, 0.3) is 0 Å². The van der Waals surface area contributed by atoms with E-state index in [0.717, 1.165) is 63.1 Å². The molecule has 6 rings (SSSR count). The molecule has 3 saturated heterocycles. The zero-order valence-electron chi connectivity index (χ0n) is 22.4. The smallest absolute Gasteiger partial charge is 0.0838 e. The van der Waals surface area contributed by atoms with Crippen LogP contribution in [0.15, 0.2) is 41.8 Å². The molecule has 1 aromatic carbocycles. The molecule has 204 valence electrons. The number of pyridine rings is 1. The number of hydrogen-bond donors (Lipinski definition) is 1. The zero-order chi connectivity index (χ0) is 25.6. The number of ether oxygens (including phenoxy) is 1. The Balaban J connectivity index is 1.02. The summed E-state index contributed by atoms with van der Waals surface area (Å²) in [5, 5.41) is 5.92. The number of fused-ring (bicyclic) bond motifs is 1. The van der Waals surface area contributed by atoms with E-state index in [-0.39, 0.29) is 0 Å². The summed E-state index contributed by atoms with van der Waals surface area (Å²) in [5.74, 6) is 2.51. The number of benzene rings is 1. The van der Waals surface area contributed by atoms with Crippen molar-refractivity contribution in [1.82, 2.24) is 19.7 Å². The molecule has 0 spiro atoms. The summed E-state index contributed by atoms with van der Waals surface area (Å²) in [7, 11) is 0. The van der Waals surface area contributed by atoms with E-state index in [1.807, 2.05) is 0 Å². The Morgan fingerprint density at radius 1 is 0.921 bits per heavy atom. The molecule has 3 aromatic rings. The van der Waals surface area contributed by atoms with Crippen molar-refractivity contribution in [3.05, 3.63) is 47.3 Å². The summed E-state index contributed by atoms with van der Waals surface area (Å²) in [6.07, 6.45) is 3.76. The van der Waals surface area contributed by atoms with Crippen molar-refractivity contribution in [2.45, 2.75) is 31.8 Å².